The highest BCUT2D eigenvalue weighted by atomic mass is 16.3. The van der Waals surface area contributed by atoms with E-state index in [0.29, 0.717) is 5.92 Å². The highest BCUT2D eigenvalue weighted by molar-refractivity contribution is 4.91. The maximum atomic E-state index is 10.0. The third kappa shape index (κ3) is 3.33. The minimum Gasteiger partial charge on any atom is -0.393 e. The molecular formula is C17H31NO. The Hall–Kier alpha value is -0.0800. The molecule has 0 aromatic carbocycles. The van der Waals surface area contributed by atoms with Crippen LogP contribution in [0.1, 0.15) is 77.0 Å². The third-order valence-electron chi connectivity index (χ3n) is 6.25. The fourth-order valence-electron chi connectivity index (χ4n) is 4.80. The van der Waals surface area contributed by atoms with E-state index in [4.69, 9.17) is 0 Å². The molecule has 3 aliphatic carbocycles. The zero-order valence-electron chi connectivity index (χ0n) is 12.4. The van der Waals surface area contributed by atoms with Crippen LogP contribution < -0.4 is 5.32 Å². The first-order chi connectivity index (χ1) is 9.27. The van der Waals surface area contributed by atoms with Gasteiger partial charge in [-0.15, -0.1) is 0 Å². The van der Waals surface area contributed by atoms with Crippen molar-refractivity contribution in [3.63, 3.8) is 0 Å². The lowest BCUT2D eigenvalue weighted by atomic mass is 9.71. The molecule has 3 aliphatic rings. The molecule has 0 aromatic heterocycles. The van der Waals surface area contributed by atoms with Crippen LogP contribution in [0.2, 0.25) is 0 Å². The van der Waals surface area contributed by atoms with Gasteiger partial charge in [0.25, 0.3) is 0 Å². The van der Waals surface area contributed by atoms with E-state index in [1.54, 1.807) is 0 Å². The van der Waals surface area contributed by atoms with Crippen molar-refractivity contribution in [1.82, 2.24) is 5.32 Å². The summed E-state index contributed by atoms with van der Waals surface area (Å²) < 4.78 is 0. The first-order valence-electron chi connectivity index (χ1n) is 8.69. The SMILES string of the molecule is OC1CCCCC1CNC1CCC2(CCCC2)CC1. The summed E-state index contributed by atoms with van der Waals surface area (Å²) in [5.74, 6) is 0.524. The lowest BCUT2D eigenvalue weighted by Gasteiger charge is -2.38. The predicted octanol–water partition coefficient (Wildman–Crippen LogP) is 3.63. The van der Waals surface area contributed by atoms with Crippen molar-refractivity contribution in [2.75, 3.05) is 6.54 Å². The Bertz CT molecular complexity index is 275. The van der Waals surface area contributed by atoms with Crippen LogP contribution in [0.3, 0.4) is 0 Å². The summed E-state index contributed by atoms with van der Waals surface area (Å²) in [7, 11) is 0. The van der Waals surface area contributed by atoms with Gasteiger partial charge in [-0.3, -0.25) is 0 Å². The molecule has 0 aromatic rings. The van der Waals surface area contributed by atoms with E-state index in [9.17, 15) is 5.11 Å². The van der Waals surface area contributed by atoms with E-state index in [2.05, 4.69) is 5.32 Å². The fourth-order valence-corrected chi connectivity index (χ4v) is 4.80. The van der Waals surface area contributed by atoms with E-state index < -0.39 is 0 Å². The molecule has 110 valence electrons. The fraction of sp³-hybridized carbons (Fsp3) is 1.00. The molecule has 0 amide bonds. The normalized spacial score (nSPS) is 35.8. The molecule has 3 saturated carbocycles. The monoisotopic (exact) mass is 265 g/mol. The molecule has 0 aliphatic heterocycles. The van der Waals surface area contributed by atoms with Crippen LogP contribution in [-0.2, 0) is 0 Å². The highest BCUT2D eigenvalue weighted by Gasteiger charge is 2.37. The molecule has 3 rings (SSSR count). The van der Waals surface area contributed by atoms with Gasteiger partial charge in [0.2, 0.25) is 0 Å². The van der Waals surface area contributed by atoms with Crippen molar-refractivity contribution in [1.29, 1.82) is 0 Å². The van der Waals surface area contributed by atoms with Crippen molar-refractivity contribution in [3.8, 4) is 0 Å². The van der Waals surface area contributed by atoms with Gasteiger partial charge in [0.1, 0.15) is 0 Å². The Morgan fingerprint density at radius 1 is 0.842 bits per heavy atom. The molecule has 3 fully saturated rings. The molecule has 0 saturated heterocycles. The first kappa shape index (κ1) is 13.9. The van der Waals surface area contributed by atoms with Gasteiger partial charge in [0.05, 0.1) is 6.10 Å². The summed E-state index contributed by atoms with van der Waals surface area (Å²) in [5.41, 5.74) is 0.753. The molecule has 2 unspecified atom stereocenters. The van der Waals surface area contributed by atoms with Gasteiger partial charge in [-0.05, 0) is 62.7 Å². The minimum atomic E-state index is -0.0361. The second kappa shape index (κ2) is 6.13. The van der Waals surface area contributed by atoms with E-state index in [1.807, 2.05) is 0 Å². The minimum absolute atomic E-state index is 0.0361. The van der Waals surface area contributed by atoms with Gasteiger partial charge in [0, 0.05) is 12.6 Å². The second-order valence-corrected chi connectivity index (χ2v) is 7.50. The maximum absolute atomic E-state index is 10.0. The molecule has 2 heteroatoms. The summed E-state index contributed by atoms with van der Waals surface area (Å²) in [5, 5.41) is 13.8. The van der Waals surface area contributed by atoms with Crippen LogP contribution in [0.4, 0.5) is 0 Å². The van der Waals surface area contributed by atoms with Gasteiger partial charge >= 0.3 is 0 Å². The molecule has 2 nitrogen and oxygen atoms in total. The Balaban J connectivity index is 1.40. The van der Waals surface area contributed by atoms with Crippen LogP contribution in [0.15, 0.2) is 0 Å². The summed E-state index contributed by atoms with van der Waals surface area (Å²) in [6, 6.07) is 0.736. The Morgan fingerprint density at radius 2 is 1.53 bits per heavy atom. The van der Waals surface area contributed by atoms with Crippen LogP contribution in [0.25, 0.3) is 0 Å². The highest BCUT2D eigenvalue weighted by Crippen LogP contribution is 2.48. The van der Waals surface area contributed by atoms with E-state index in [-0.39, 0.29) is 6.10 Å². The number of rotatable bonds is 3. The maximum Gasteiger partial charge on any atom is 0.0580 e. The van der Waals surface area contributed by atoms with Crippen molar-refractivity contribution in [2.24, 2.45) is 11.3 Å². The predicted molar refractivity (Wildman–Crippen MR) is 79.1 cm³/mol. The van der Waals surface area contributed by atoms with Gasteiger partial charge in [0.15, 0.2) is 0 Å². The average molecular weight is 265 g/mol. The third-order valence-corrected chi connectivity index (χ3v) is 6.25. The summed E-state index contributed by atoms with van der Waals surface area (Å²) in [6.45, 7) is 1.05. The zero-order valence-corrected chi connectivity index (χ0v) is 12.4. The molecule has 19 heavy (non-hydrogen) atoms. The smallest absolute Gasteiger partial charge is 0.0580 e. The van der Waals surface area contributed by atoms with Crippen molar-refractivity contribution >= 4 is 0 Å². The largest absolute Gasteiger partial charge is 0.393 e. The van der Waals surface area contributed by atoms with E-state index in [0.717, 1.165) is 24.4 Å². The van der Waals surface area contributed by atoms with E-state index >= 15 is 0 Å². The van der Waals surface area contributed by atoms with Crippen LogP contribution in [0, 0.1) is 11.3 Å². The molecule has 0 bridgehead atoms. The van der Waals surface area contributed by atoms with Crippen molar-refractivity contribution in [2.45, 2.75) is 89.2 Å². The topological polar surface area (TPSA) is 32.3 Å². The summed E-state index contributed by atoms with van der Waals surface area (Å²) in [4.78, 5) is 0. The van der Waals surface area contributed by atoms with Gasteiger partial charge in [-0.25, -0.2) is 0 Å². The molecule has 1 spiro atoms. The molecular weight excluding hydrogens is 234 g/mol. The first-order valence-corrected chi connectivity index (χ1v) is 8.69. The Morgan fingerprint density at radius 3 is 2.21 bits per heavy atom. The lowest BCUT2D eigenvalue weighted by molar-refractivity contribution is 0.0651. The van der Waals surface area contributed by atoms with Gasteiger partial charge in [-0.2, -0.15) is 0 Å². The average Bonchev–Trinajstić information content (AvgIpc) is 2.88. The lowest BCUT2D eigenvalue weighted by Crippen LogP contribution is -2.41. The number of hydrogen-bond donors (Lipinski definition) is 2. The number of aliphatic hydroxyl groups excluding tert-OH is 1. The zero-order chi connectivity index (χ0) is 13.1. The summed E-state index contributed by atoms with van der Waals surface area (Å²) in [6.07, 6.45) is 16.4. The Kier molecular flexibility index (Phi) is 4.48. The van der Waals surface area contributed by atoms with Crippen molar-refractivity contribution in [3.05, 3.63) is 0 Å². The van der Waals surface area contributed by atoms with Crippen LogP contribution in [-0.4, -0.2) is 23.8 Å². The number of nitrogens with one attached hydrogen (secondary N) is 1. The molecule has 2 N–H and O–H groups in total. The van der Waals surface area contributed by atoms with Crippen LogP contribution >= 0.6 is 0 Å². The van der Waals surface area contributed by atoms with Crippen molar-refractivity contribution < 1.29 is 5.11 Å². The number of aliphatic hydroxyl groups is 1. The standard InChI is InChI=1S/C17H31NO/c19-16-6-2-1-5-14(16)13-18-15-7-11-17(12-8-15)9-3-4-10-17/h14-16,18-19H,1-13H2. The van der Waals surface area contributed by atoms with Gasteiger partial charge in [-0.1, -0.05) is 25.7 Å². The molecule has 2 atom stereocenters. The van der Waals surface area contributed by atoms with E-state index in [1.165, 1.54) is 70.6 Å². The Labute approximate surface area is 118 Å². The summed E-state index contributed by atoms with van der Waals surface area (Å²) >= 11 is 0. The van der Waals surface area contributed by atoms with Crippen LogP contribution in [0.5, 0.6) is 0 Å². The quantitative estimate of drug-likeness (QED) is 0.816. The molecule has 0 radical (unpaired) electrons. The second-order valence-electron chi connectivity index (χ2n) is 7.50. The number of hydrogen-bond acceptors (Lipinski definition) is 2. The molecule has 0 heterocycles. The van der Waals surface area contributed by atoms with Gasteiger partial charge < -0.3 is 10.4 Å².